The lowest BCUT2D eigenvalue weighted by Crippen LogP contribution is -2.34. The molecule has 0 amide bonds. The first kappa shape index (κ1) is 26.9. The Hall–Kier alpha value is -1.34. The topological polar surface area (TPSA) is 7.12 Å². The molecule has 200 valence electrons. The van der Waals surface area contributed by atoms with Crippen molar-refractivity contribution in [3.63, 3.8) is 0 Å². The molecule has 0 N–H and O–H groups in total. The molecule has 6 heteroatoms. The van der Waals surface area contributed by atoms with Crippen LogP contribution in [0.4, 0.5) is 5.69 Å². The average molecular weight is 580 g/mol. The van der Waals surface area contributed by atoms with Gasteiger partial charge in [-0.2, -0.15) is 4.57 Å². The summed E-state index contributed by atoms with van der Waals surface area (Å²) < 4.78 is 3.94. The van der Waals surface area contributed by atoms with E-state index in [-0.39, 0.29) is 0 Å². The molecule has 3 aromatic rings. The van der Waals surface area contributed by atoms with Gasteiger partial charge in [-0.3, -0.25) is 0 Å². The van der Waals surface area contributed by atoms with Crippen molar-refractivity contribution in [2.24, 2.45) is 17.8 Å². The number of hydrogen-bond donors (Lipinski definition) is 0. The van der Waals surface area contributed by atoms with Crippen LogP contribution in [0.3, 0.4) is 0 Å². The van der Waals surface area contributed by atoms with Crippen LogP contribution >= 0.6 is 46.6 Å². The van der Waals surface area contributed by atoms with Gasteiger partial charge < -0.3 is 4.90 Å². The van der Waals surface area contributed by atoms with E-state index in [9.17, 15) is 0 Å². The molecule has 38 heavy (non-hydrogen) atoms. The van der Waals surface area contributed by atoms with Gasteiger partial charge in [0.1, 0.15) is 11.2 Å². The monoisotopic (exact) mass is 579 g/mol. The average Bonchev–Trinajstić information content (AvgIpc) is 3.47. The van der Waals surface area contributed by atoms with Crippen LogP contribution in [-0.4, -0.2) is 19.1 Å². The van der Waals surface area contributed by atoms with Crippen molar-refractivity contribution in [2.75, 3.05) is 24.0 Å². The molecule has 1 aromatic heterocycles. The quantitative estimate of drug-likeness (QED) is 0.212. The highest BCUT2D eigenvalue weighted by atomic mass is 32.2. The molecule has 2 aliphatic carbocycles. The van der Waals surface area contributed by atoms with E-state index in [0.717, 1.165) is 24.9 Å². The number of allylic oxidation sites excluding steroid dienone is 2. The van der Waals surface area contributed by atoms with Gasteiger partial charge in [0.15, 0.2) is 0 Å². The fraction of sp³-hybridized carbons (Fsp3) is 0.469. The van der Waals surface area contributed by atoms with Gasteiger partial charge >= 0.3 is 0 Å². The minimum absolute atomic E-state index is 0.705. The Labute approximate surface area is 245 Å². The maximum Gasteiger partial charge on any atom is 0.262 e. The van der Waals surface area contributed by atoms with Crippen molar-refractivity contribution in [2.45, 2.75) is 73.6 Å². The van der Waals surface area contributed by atoms with E-state index < -0.39 is 0 Å². The van der Waals surface area contributed by atoms with Crippen LogP contribution in [-0.2, 0) is 6.54 Å². The molecule has 6 rings (SSSR count). The largest absolute Gasteiger partial charge is 0.336 e. The number of nitrogens with zero attached hydrogens (tertiary/aromatic N) is 2. The SMILES string of the molecule is CCN1C(=CC2CCC3CCC(=Cc4sc5ccc(SC)cc5[n+]4CC)CC3C2)Sc2ccc(SC)cc21. The summed E-state index contributed by atoms with van der Waals surface area (Å²) in [4.78, 5) is 6.68. The number of rotatable bonds is 6. The van der Waals surface area contributed by atoms with Crippen LogP contribution in [0.2, 0.25) is 0 Å². The third-order valence-electron chi connectivity index (χ3n) is 8.75. The zero-order valence-corrected chi connectivity index (χ0v) is 26.3. The molecule has 0 saturated heterocycles. The smallest absolute Gasteiger partial charge is 0.262 e. The first-order valence-corrected chi connectivity index (χ1v) is 18.2. The van der Waals surface area contributed by atoms with Crippen molar-refractivity contribution >= 4 is 68.6 Å². The first-order valence-electron chi connectivity index (χ1n) is 14.1. The zero-order chi connectivity index (χ0) is 26.2. The number of hydrogen-bond acceptors (Lipinski definition) is 5. The van der Waals surface area contributed by atoms with Gasteiger partial charge in [0.05, 0.1) is 10.7 Å². The van der Waals surface area contributed by atoms with Crippen LogP contribution < -0.4 is 9.47 Å². The Bertz CT molecular complexity index is 1390. The molecule has 2 heterocycles. The van der Waals surface area contributed by atoms with Gasteiger partial charge in [-0.05, 0) is 113 Å². The normalized spacial score (nSPS) is 25.4. The van der Waals surface area contributed by atoms with Gasteiger partial charge in [0.2, 0.25) is 5.52 Å². The summed E-state index contributed by atoms with van der Waals surface area (Å²) in [6.07, 6.45) is 17.6. The van der Waals surface area contributed by atoms with Crippen LogP contribution in [0.25, 0.3) is 16.3 Å². The van der Waals surface area contributed by atoms with Crippen LogP contribution in [0.1, 0.15) is 57.4 Å². The Morgan fingerprint density at radius 3 is 2.61 bits per heavy atom. The van der Waals surface area contributed by atoms with E-state index in [1.54, 1.807) is 5.57 Å². The lowest BCUT2D eigenvalue weighted by Gasteiger charge is -2.39. The van der Waals surface area contributed by atoms with E-state index in [4.69, 9.17) is 0 Å². The molecular formula is C32H39N2S4+. The number of aryl methyl sites for hydroxylation is 1. The van der Waals surface area contributed by atoms with E-state index >= 15 is 0 Å². The maximum absolute atomic E-state index is 2.64. The number of thioether (sulfide) groups is 3. The van der Waals surface area contributed by atoms with E-state index in [2.05, 4.69) is 84.4 Å². The number of anilines is 1. The number of aromatic nitrogens is 1. The molecule has 0 bridgehead atoms. The summed E-state index contributed by atoms with van der Waals surface area (Å²) in [5.41, 5.74) is 4.49. The highest BCUT2D eigenvalue weighted by Gasteiger charge is 2.35. The third-order valence-corrected chi connectivity index (χ3v) is 12.4. The van der Waals surface area contributed by atoms with Crippen molar-refractivity contribution in [3.05, 3.63) is 58.1 Å². The molecular weight excluding hydrogens is 541 g/mol. The second-order valence-corrected chi connectivity index (χ2v) is 14.7. The fourth-order valence-corrected chi connectivity index (χ4v) is 10.1. The molecule has 0 spiro atoms. The van der Waals surface area contributed by atoms with Crippen molar-refractivity contribution in [1.82, 2.24) is 0 Å². The van der Waals surface area contributed by atoms with Gasteiger partial charge in [0, 0.05) is 33.4 Å². The molecule has 3 unspecified atom stereocenters. The number of thiazole rings is 1. The second kappa shape index (κ2) is 11.6. The van der Waals surface area contributed by atoms with Crippen LogP contribution in [0.5, 0.6) is 0 Å². The lowest BCUT2D eigenvalue weighted by molar-refractivity contribution is -0.665. The van der Waals surface area contributed by atoms with Crippen molar-refractivity contribution in [1.29, 1.82) is 0 Å². The second-order valence-electron chi connectivity index (χ2n) is 10.8. The Kier molecular flexibility index (Phi) is 8.23. The van der Waals surface area contributed by atoms with Crippen LogP contribution in [0.15, 0.2) is 67.8 Å². The zero-order valence-electron chi connectivity index (χ0n) is 23.0. The van der Waals surface area contributed by atoms with Crippen LogP contribution in [0, 0.1) is 17.8 Å². The molecule has 3 aliphatic rings. The van der Waals surface area contributed by atoms with Crippen molar-refractivity contribution in [3.8, 4) is 0 Å². The third kappa shape index (κ3) is 5.23. The van der Waals surface area contributed by atoms with E-state index in [1.807, 2.05) is 46.6 Å². The number of benzene rings is 2. The molecule has 2 fully saturated rings. The van der Waals surface area contributed by atoms with E-state index in [1.165, 1.54) is 79.2 Å². The minimum Gasteiger partial charge on any atom is -0.336 e. The van der Waals surface area contributed by atoms with E-state index in [0.29, 0.717) is 5.92 Å². The predicted molar refractivity (Wildman–Crippen MR) is 171 cm³/mol. The predicted octanol–water partition coefficient (Wildman–Crippen LogP) is 9.73. The van der Waals surface area contributed by atoms with Gasteiger partial charge in [0.25, 0.3) is 5.01 Å². The lowest BCUT2D eigenvalue weighted by atomic mass is 9.66. The Morgan fingerprint density at radius 2 is 1.82 bits per heavy atom. The minimum atomic E-state index is 0.705. The Morgan fingerprint density at radius 1 is 1.00 bits per heavy atom. The Balaban J connectivity index is 1.20. The molecule has 2 saturated carbocycles. The first-order chi connectivity index (χ1) is 18.6. The summed E-state index contributed by atoms with van der Waals surface area (Å²) in [6, 6.07) is 13.9. The summed E-state index contributed by atoms with van der Waals surface area (Å²) >= 11 is 7.63. The highest BCUT2D eigenvalue weighted by Crippen LogP contribution is 2.50. The van der Waals surface area contributed by atoms with Gasteiger partial charge in [-0.1, -0.05) is 34.7 Å². The summed E-state index contributed by atoms with van der Waals surface area (Å²) in [5, 5.41) is 2.90. The standard InChI is InChI=1S/C32H39N2S4/c1-5-33-27-19-25(35-3)11-13-29(27)37-31(33)17-21-7-9-23-10-8-22(16-24(23)15-21)18-32-34(6-2)28-20-26(36-4)12-14-30(28)38-32/h11-14,17-21,23-24H,5-10,15-16H2,1-4H3/q+1. The molecule has 3 atom stereocenters. The summed E-state index contributed by atoms with van der Waals surface area (Å²) in [7, 11) is 0. The molecule has 1 aliphatic heterocycles. The molecule has 2 nitrogen and oxygen atoms in total. The van der Waals surface area contributed by atoms with Gasteiger partial charge in [-0.25, -0.2) is 0 Å². The van der Waals surface area contributed by atoms with Crippen molar-refractivity contribution < 1.29 is 4.57 Å². The summed E-state index contributed by atoms with van der Waals surface area (Å²) in [5.74, 6) is 2.47. The van der Waals surface area contributed by atoms with Gasteiger partial charge in [-0.15, -0.1) is 23.5 Å². The molecule has 2 aromatic carbocycles. The summed E-state index contributed by atoms with van der Waals surface area (Å²) in [6.45, 7) is 6.66. The molecule has 0 radical (unpaired) electrons. The highest BCUT2D eigenvalue weighted by molar-refractivity contribution is 8.03. The fourth-order valence-electron chi connectivity index (χ4n) is 6.76. The maximum atomic E-state index is 2.64. The number of fused-ring (bicyclic) bond motifs is 3.